The molecule has 1 aliphatic rings. The molecule has 1 fully saturated rings. The Labute approximate surface area is 164 Å². The molecule has 0 aromatic heterocycles. The van der Waals surface area contributed by atoms with Crippen molar-refractivity contribution in [2.75, 3.05) is 18.4 Å². The van der Waals surface area contributed by atoms with Crippen LogP contribution in [0, 0.1) is 5.92 Å². The molecule has 3 N–H and O–H groups in total. The third-order valence-corrected chi connectivity index (χ3v) is 4.75. The van der Waals surface area contributed by atoms with Crippen LogP contribution in [0.5, 0.6) is 0 Å². The van der Waals surface area contributed by atoms with Gasteiger partial charge in [0.05, 0.1) is 0 Å². The lowest BCUT2D eigenvalue weighted by molar-refractivity contribution is -0.133. The molecule has 1 aliphatic carbocycles. The lowest BCUT2D eigenvalue weighted by Crippen LogP contribution is -2.33. The lowest BCUT2D eigenvalue weighted by atomic mass is 10.1. The molecule has 1 saturated carbocycles. The number of nitrogens with one attached hydrogen (secondary N) is 1. The Balaban J connectivity index is 1.68. The molecule has 0 heterocycles. The van der Waals surface area contributed by atoms with Crippen molar-refractivity contribution in [2.24, 2.45) is 11.7 Å². The Bertz CT molecular complexity index is 821. The summed E-state index contributed by atoms with van der Waals surface area (Å²) in [5.41, 5.74) is 7.78. The molecule has 3 rings (SSSR count). The SMILES string of the molecule is NCCCN(Cc1cccc(NC(=O)c2cccc(Cl)c2)c1)C(=O)C1CC1. The fraction of sp³-hybridized carbons (Fsp3) is 0.333. The van der Waals surface area contributed by atoms with E-state index in [2.05, 4.69) is 5.32 Å². The molecule has 2 aromatic carbocycles. The summed E-state index contributed by atoms with van der Waals surface area (Å²) < 4.78 is 0. The van der Waals surface area contributed by atoms with E-state index in [0.29, 0.717) is 35.9 Å². The number of carbonyl (C=O) groups excluding carboxylic acids is 2. The van der Waals surface area contributed by atoms with E-state index in [9.17, 15) is 9.59 Å². The quantitative estimate of drug-likeness (QED) is 0.727. The smallest absolute Gasteiger partial charge is 0.255 e. The summed E-state index contributed by atoms with van der Waals surface area (Å²) >= 11 is 5.95. The monoisotopic (exact) mass is 385 g/mol. The van der Waals surface area contributed by atoms with Crippen molar-refractivity contribution in [2.45, 2.75) is 25.8 Å². The topological polar surface area (TPSA) is 75.4 Å². The average molecular weight is 386 g/mol. The van der Waals surface area contributed by atoms with E-state index in [1.54, 1.807) is 24.3 Å². The molecule has 0 saturated heterocycles. The molecule has 2 amide bonds. The van der Waals surface area contributed by atoms with Crippen LogP contribution in [0.2, 0.25) is 5.02 Å². The van der Waals surface area contributed by atoms with E-state index in [1.165, 1.54) is 0 Å². The number of carbonyl (C=O) groups is 2. The Kier molecular flexibility index (Phi) is 6.48. The summed E-state index contributed by atoms with van der Waals surface area (Å²) in [4.78, 5) is 26.8. The van der Waals surface area contributed by atoms with Gasteiger partial charge in [-0.2, -0.15) is 0 Å². The lowest BCUT2D eigenvalue weighted by Gasteiger charge is -2.23. The maximum Gasteiger partial charge on any atom is 0.255 e. The number of hydrogen-bond acceptors (Lipinski definition) is 3. The van der Waals surface area contributed by atoms with Crippen molar-refractivity contribution in [1.82, 2.24) is 4.90 Å². The number of nitrogens with zero attached hydrogens (tertiary/aromatic N) is 1. The molecule has 142 valence electrons. The summed E-state index contributed by atoms with van der Waals surface area (Å²) in [7, 11) is 0. The van der Waals surface area contributed by atoms with Gasteiger partial charge in [0.1, 0.15) is 0 Å². The zero-order chi connectivity index (χ0) is 19.2. The standard InChI is InChI=1S/C21H24ClN3O2/c22-18-6-2-5-17(13-18)20(26)24-19-7-1-4-15(12-19)14-25(11-3-10-23)21(27)16-8-9-16/h1-2,4-7,12-13,16H,3,8-11,14,23H2,(H,24,26). The first-order valence-electron chi connectivity index (χ1n) is 9.21. The summed E-state index contributed by atoms with van der Waals surface area (Å²) in [5.74, 6) is 0.161. The minimum absolute atomic E-state index is 0.175. The number of rotatable bonds is 8. The predicted molar refractivity (Wildman–Crippen MR) is 108 cm³/mol. The van der Waals surface area contributed by atoms with Gasteiger partial charge in [-0.25, -0.2) is 0 Å². The highest BCUT2D eigenvalue weighted by atomic mass is 35.5. The van der Waals surface area contributed by atoms with E-state index in [1.807, 2.05) is 29.2 Å². The van der Waals surface area contributed by atoms with Gasteiger partial charge in [0.25, 0.3) is 5.91 Å². The van der Waals surface area contributed by atoms with E-state index < -0.39 is 0 Å². The van der Waals surface area contributed by atoms with Crippen LogP contribution >= 0.6 is 11.6 Å². The Morgan fingerprint density at radius 1 is 1.15 bits per heavy atom. The second kappa shape index (κ2) is 9.02. The molecular weight excluding hydrogens is 362 g/mol. The second-order valence-electron chi connectivity index (χ2n) is 6.84. The summed E-state index contributed by atoms with van der Waals surface area (Å²) in [5, 5.41) is 3.40. The highest BCUT2D eigenvalue weighted by Crippen LogP contribution is 2.31. The zero-order valence-electron chi connectivity index (χ0n) is 15.2. The second-order valence-corrected chi connectivity index (χ2v) is 7.28. The average Bonchev–Trinajstić information content (AvgIpc) is 3.50. The molecule has 27 heavy (non-hydrogen) atoms. The van der Waals surface area contributed by atoms with Crippen molar-refractivity contribution < 1.29 is 9.59 Å². The number of nitrogens with two attached hydrogens (primary N) is 1. The van der Waals surface area contributed by atoms with Gasteiger partial charge in [0, 0.05) is 35.3 Å². The van der Waals surface area contributed by atoms with Crippen molar-refractivity contribution in [3.63, 3.8) is 0 Å². The normalized spacial score (nSPS) is 13.3. The summed E-state index contributed by atoms with van der Waals surface area (Å²) in [6, 6.07) is 14.4. The minimum Gasteiger partial charge on any atom is -0.338 e. The van der Waals surface area contributed by atoms with Gasteiger partial charge in [0.2, 0.25) is 5.91 Å². The largest absolute Gasteiger partial charge is 0.338 e. The van der Waals surface area contributed by atoms with Crippen molar-refractivity contribution >= 4 is 29.1 Å². The Morgan fingerprint density at radius 3 is 2.63 bits per heavy atom. The van der Waals surface area contributed by atoms with E-state index >= 15 is 0 Å². The zero-order valence-corrected chi connectivity index (χ0v) is 15.9. The molecule has 2 aromatic rings. The van der Waals surface area contributed by atoms with Crippen LogP contribution in [0.25, 0.3) is 0 Å². The first kappa shape index (κ1) is 19.4. The van der Waals surface area contributed by atoms with Crippen molar-refractivity contribution in [1.29, 1.82) is 0 Å². The van der Waals surface area contributed by atoms with E-state index in [-0.39, 0.29) is 17.7 Å². The van der Waals surface area contributed by atoms with Crippen molar-refractivity contribution in [3.05, 3.63) is 64.7 Å². The fourth-order valence-electron chi connectivity index (χ4n) is 2.94. The van der Waals surface area contributed by atoms with E-state index in [4.69, 9.17) is 17.3 Å². The van der Waals surface area contributed by atoms with Gasteiger partial charge in [-0.1, -0.05) is 29.8 Å². The van der Waals surface area contributed by atoms with Crippen LogP contribution in [0.1, 0.15) is 35.2 Å². The van der Waals surface area contributed by atoms with Crippen LogP contribution < -0.4 is 11.1 Å². The van der Waals surface area contributed by atoms with Crippen molar-refractivity contribution in [3.8, 4) is 0 Å². The van der Waals surface area contributed by atoms with Gasteiger partial charge < -0.3 is 16.0 Å². The first-order valence-corrected chi connectivity index (χ1v) is 9.59. The molecule has 0 atom stereocenters. The first-order chi connectivity index (χ1) is 13.1. The fourth-order valence-corrected chi connectivity index (χ4v) is 3.13. The van der Waals surface area contributed by atoms with Gasteiger partial charge in [-0.05, 0) is 61.7 Å². The van der Waals surface area contributed by atoms with Gasteiger partial charge in [-0.3, -0.25) is 9.59 Å². The number of hydrogen-bond donors (Lipinski definition) is 2. The minimum atomic E-state index is -0.219. The molecule has 0 unspecified atom stereocenters. The Morgan fingerprint density at radius 2 is 1.93 bits per heavy atom. The van der Waals surface area contributed by atoms with Crippen LogP contribution in [-0.2, 0) is 11.3 Å². The number of amides is 2. The number of benzene rings is 2. The summed E-state index contributed by atoms with van der Waals surface area (Å²) in [6.45, 7) is 1.74. The van der Waals surface area contributed by atoms with Gasteiger partial charge in [-0.15, -0.1) is 0 Å². The Hall–Kier alpha value is -2.37. The number of anilines is 1. The van der Waals surface area contributed by atoms with Gasteiger partial charge in [0.15, 0.2) is 0 Å². The molecule has 0 aliphatic heterocycles. The molecule has 6 heteroatoms. The highest BCUT2D eigenvalue weighted by Gasteiger charge is 2.33. The third kappa shape index (κ3) is 5.55. The predicted octanol–water partition coefficient (Wildman–Crippen LogP) is 3.68. The third-order valence-electron chi connectivity index (χ3n) is 4.52. The molecule has 5 nitrogen and oxygen atoms in total. The maximum absolute atomic E-state index is 12.5. The molecule has 0 bridgehead atoms. The summed E-state index contributed by atoms with van der Waals surface area (Å²) in [6.07, 6.45) is 2.74. The number of halogens is 1. The molecule has 0 spiro atoms. The van der Waals surface area contributed by atoms with E-state index in [0.717, 1.165) is 24.8 Å². The van der Waals surface area contributed by atoms with Crippen LogP contribution in [0.15, 0.2) is 48.5 Å². The highest BCUT2D eigenvalue weighted by molar-refractivity contribution is 6.31. The van der Waals surface area contributed by atoms with Gasteiger partial charge >= 0.3 is 0 Å². The molecular formula is C21H24ClN3O2. The van der Waals surface area contributed by atoms with Crippen LogP contribution in [-0.4, -0.2) is 29.8 Å². The maximum atomic E-state index is 12.5. The molecule has 0 radical (unpaired) electrons. The van der Waals surface area contributed by atoms with Crippen LogP contribution in [0.4, 0.5) is 5.69 Å². The van der Waals surface area contributed by atoms with Crippen LogP contribution in [0.3, 0.4) is 0 Å².